The Morgan fingerprint density at radius 1 is 1.10 bits per heavy atom. The van der Waals surface area contributed by atoms with Gasteiger partial charge in [-0.25, -0.2) is 9.97 Å². The first-order chi connectivity index (χ1) is 14.8. The molecule has 4 aromatic rings. The third-order valence-corrected chi connectivity index (χ3v) is 4.72. The van der Waals surface area contributed by atoms with Crippen molar-refractivity contribution in [2.24, 2.45) is 0 Å². The van der Waals surface area contributed by atoms with Gasteiger partial charge in [0.2, 0.25) is 5.82 Å². The minimum absolute atomic E-state index is 0.131. The smallest absolute Gasteiger partial charge is 0.450 e. The zero-order chi connectivity index (χ0) is 22.2. The third kappa shape index (κ3) is 4.17. The van der Waals surface area contributed by atoms with E-state index in [1.54, 1.807) is 30.3 Å². The standard InChI is InChI=1S/C21H14ClF3N4O2/c1-31-15-7-8-17-16(10-15)27-20(21(23,24)25)29(17)14-6-9-18(26-11-14)28-19(30)12-2-4-13(22)5-3-12/h2-11H,1H3,(H,26,28,30). The Hall–Kier alpha value is -3.59. The van der Waals surface area contributed by atoms with Crippen LogP contribution in [0.4, 0.5) is 19.0 Å². The van der Waals surface area contributed by atoms with Crippen molar-refractivity contribution < 1.29 is 22.7 Å². The van der Waals surface area contributed by atoms with E-state index in [-0.39, 0.29) is 22.5 Å². The lowest BCUT2D eigenvalue weighted by atomic mass is 10.2. The molecule has 0 spiro atoms. The SMILES string of the molecule is COc1ccc2c(c1)nc(C(F)(F)F)n2-c1ccc(NC(=O)c2ccc(Cl)cc2)nc1. The van der Waals surface area contributed by atoms with Gasteiger partial charge in [0.1, 0.15) is 11.6 Å². The van der Waals surface area contributed by atoms with Crippen molar-refractivity contribution in [3.8, 4) is 11.4 Å². The molecule has 2 heterocycles. The Morgan fingerprint density at radius 3 is 2.45 bits per heavy atom. The van der Waals surface area contributed by atoms with Crippen LogP contribution in [0.1, 0.15) is 16.2 Å². The fourth-order valence-corrected chi connectivity index (χ4v) is 3.15. The summed E-state index contributed by atoms with van der Waals surface area (Å²) in [5.41, 5.74) is 0.883. The van der Waals surface area contributed by atoms with Gasteiger partial charge in [0.15, 0.2) is 0 Å². The normalized spacial score (nSPS) is 11.5. The number of fused-ring (bicyclic) bond motifs is 1. The van der Waals surface area contributed by atoms with Crippen LogP contribution in [0.3, 0.4) is 0 Å². The van der Waals surface area contributed by atoms with Crippen LogP contribution >= 0.6 is 11.6 Å². The quantitative estimate of drug-likeness (QED) is 0.458. The average Bonchev–Trinajstić information content (AvgIpc) is 3.14. The molecule has 6 nitrogen and oxygen atoms in total. The van der Waals surface area contributed by atoms with Gasteiger partial charge in [-0.05, 0) is 48.5 Å². The first-order valence-electron chi connectivity index (χ1n) is 8.93. The number of methoxy groups -OCH3 is 1. The van der Waals surface area contributed by atoms with E-state index in [0.717, 1.165) is 4.57 Å². The monoisotopic (exact) mass is 446 g/mol. The molecule has 2 aromatic heterocycles. The van der Waals surface area contributed by atoms with Gasteiger partial charge >= 0.3 is 6.18 Å². The van der Waals surface area contributed by atoms with E-state index in [4.69, 9.17) is 16.3 Å². The first-order valence-corrected chi connectivity index (χ1v) is 9.31. The number of halogens is 4. The third-order valence-electron chi connectivity index (χ3n) is 4.47. The molecule has 31 heavy (non-hydrogen) atoms. The topological polar surface area (TPSA) is 69.0 Å². The molecule has 0 aliphatic heterocycles. The van der Waals surface area contributed by atoms with Crippen molar-refractivity contribution in [1.82, 2.24) is 14.5 Å². The summed E-state index contributed by atoms with van der Waals surface area (Å²) in [6.07, 6.45) is -3.45. The van der Waals surface area contributed by atoms with Crippen LogP contribution in [0.25, 0.3) is 16.7 Å². The Labute approximate surface area is 179 Å². The van der Waals surface area contributed by atoms with E-state index in [1.165, 1.54) is 37.6 Å². The number of imidazole rings is 1. The molecule has 0 radical (unpaired) electrons. The maximum atomic E-state index is 13.6. The van der Waals surface area contributed by atoms with Crippen LogP contribution in [0, 0.1) is 0 Å². The summed E-state index contributed by atoms with van der Waals surface area (Å²) in [6.45, 7) is 0. The number of hydrogen-bond acceptors (Lipinski definition) is 4. The number of benzene rings is 2. The summed E-state index contributed by atoms with van der Waals surface area (Å²) in [5.74, 6) is -0.934. The number of nitrogens with zero attached hydrogens (tertiary/aromatic N) is 3. The Balaban J connectivity index is 1.68. The Bertz CT molecular complexity index is 1250. The van der Waals surface area contributed by atoms with E-state index in [9.17, 15) is 18.0 Å². The summed E-state index contributed by atoms with van der Waals surface area (Å²) < 4.78 is 46.9. The van der Waals surface area contributed by atoms with Crippen LogP contribution < -0.4 is 10.1 Å². The predicted molar refractivity (Wildman–Crippen MR) is 110 cm³/mol. The maximum absolute atomic E-state index is 13.6. The van der Waals surface area contributed by atoms with Crippen molar-refractivity contribution in [2.45, 2.75) is 6.18 Å². The van der Waals surface area contributed by atoms with Crippen LogP contribution in [-0.2, 0) is 6.18 Å². The van der Waals surface area contributed by atoms with Gasteiger partial charge in [-0.3, -0.25) is 9.36 Å². The van der Waals surface area contributed by atoms with E-state index >= 15 is 0 Å². The Morgan fingerprint density at radius 2 is 1.84 bits per heavy atom. The molecule has 0 fully saturated rings. The molecule has 0 aliphatic rings. The van der Waals surface area contributed by atoms with Crippen LogP contribution in [0.2, 0.25) is 5.02 Å². The highest BCUT2D eigenvalue weighted by Gasteiger charge is 2.38. The van der Waals surface area contributed by atoms with Crippen molar-refractivity contribution in [2.75, 3.05) is 12.4 Å². The number of pyridine rings is 1. The largest absolute Gasteiger partial charge is 0.497 e. The van der Waals surface area contributed by atoms with Crippen molar-refractivity contribution in [1.29, 1.82) is 0 Å². The molecule has 1 amide bonds. The van der Waals surface area contributed by atoms with Crippen molar-refractivity contribution in [3.63, 3.8) is 0 Å². The number of anilines is 1. The second kappa shape index (κ2) is 7.92. The van der Waals surface area contributed by atoms with Crippen molar-refractivity contribution >= 4 is 34.4 Å². The first kappa shape index (κ1) is 20.7. The van der Waals surface area contributed by atoms with Gasteiger partial charge in [0, 0.05) is 16.7 Å². The predicted octanol–water partition coefficient (Wildman–Crippen LogP) is 5.35. The fourth-order valence-electron chi connectivity index (χ4n) is 3.02. The lowest BCUT2D eigenvalue weighted by Crippen LogP contribution is -2.15. The zero-order valence-electron chi connectivity index (χ0n) is 15.9. The molecule has 0 atom stereocenters. The van der Waals surface area contributed by atoms with Crippen LogP contribution in [0.5, 0.6) is 5.75 Å². The number of carbonyl (C=O) groups is 1. The lowest BCUT2D eigenvalue weighted by Gasteiger charge is -2.12. The summed E-state index contributed by atoms with van der Waals surface area (Å²) in [6, 6.07) is 13.6. The summed E-state index contributed by atoms with van der Waals surface area (Å²) in [4.78, 5) is 20.1. The van der Waals surface area contributed by atoms with E-state index in [1.807, 2.05) is 0 Å². The zero-order valence-corrected chi connectivity index (χ0v) is 16.7. The van der Waals surface area contributed by atoms with Gasteiger partial charge < -0.3 is 10.1 Å². The van der Waals surface area contributed by atoms with Crippen LogP contribution in [0.15, 0.2) is 60.8 Å². The molecular weight excluding hydrogens is 433 g/mol. The van der Waals surface area contributed by atoms with E-state index in [0.29, 0.717) is 16.3 Å². The molecule has 158 valence electrons. The minimum Gasteiger partial charge on any atom is -0.497 e. The molecular formula is C21H14ClF3N4O2. The summed E-state index contributed by atoms with van der Waals surface area (Å²) >= 11 is 5.81. The number of amides is 1. The molecule has 0 unspecified atom stereocenters. The molecule has 0 aliphatic carbocycles. The number of nitrogens with one attached hydrogen (secondary N) is 1. The van der Waals surface area contributed by atoms with Gasteiger partial charge in [-0.2, -0.15) is 13.2 Å². The van der Waals surface area contributed by atoms with Crippen molar-refractivity contribution in [3.05, 3.63) is 77.2 Å². The van der Waals surface area contributed by atoms with E-state index < -0.39 is 17.9 Å². The summed E-state index contributed by atoms with van der Waals surface area (Å²) in [5, 5.41) is 3.08. The number of rotatable bonds is 4. The molecule has 4 rings (SSSR count). The number of hydrogen-bond donors (Lipinski definition) is 1. The number of alkyl halides is 3. The highest BCUT2D eigenvalue weighted by atomic mass is 35.5. The molecule has 2 aromatic carbocycles. The molecule has 0 bridgehead atoms. The Kier molecular flexibility index (Phi) is 5.28. The second-order valence-electron chi connectivity index (χ2n) is 6.49. The highest BCUT2D eigenvalue weighted by molar-refractivity contribution is 6.30. The lowest BCUT2D eigenvalue weighted by molar-refractivity contribution is -0.145. The molecule has 1 N–H and O–H groups in total. The fraction of sp³-hybridized carbons (Fsp3) is 0.0952. The van der Waals surface area contributed by atoms with Gasteiger partial charge in [-0.1, -0.05) is 11.6 Å². The molecule has 0 saturated carbocycles. The van der Waals surface area contributed by atoms with Gasteiger partial charge in [0.25, 0.3) is 5.91 Å². The number of ether oxygens (including phenoxy) is 1. The average molecular weight is 447 g/mol. The van der Waals surface area contributed by atoms with E-state index in [2.05, 4.69) is 15.3 Å². The van der Waals surface area contributed by atoms with Crippen LogP contribution in [-0.4, -0.2) is 27.6 Å². The van der Waals surface area contributed by atoms with Gasteiger partial charge in [0.05, 0.1) is 30.0 Å². The highest BCUT2D eigenvalue weighted by Crippen LogP contribution is 2.34. The number of carbonyl (C=O) groups excluding carboxylic acids is 1. The summed E-state index contributed by atoms with van der Waals surface area (Å²) in [7, 11) is 1.42. The molecule has 0 saturated heterocycles. The minimum atomic E-state index is -4.69. The van der Waals surface area contributed by atoms with Gasteiger partial charge in [-0.15, -0.1) is 0 Å². The molecule has 10 heteroatoms. The number of aromatic nitrogens is 3. The maximum Gasteiger partial charge on any atom is 0.450 e. The second-order valence-corrected chi connectivity index (χ2v) is 6.92.